The lowest BCUT2D eigenvalue weighted by Crippen LogP contribution is -2.43. The maximum Gasteiger partial charge on any atom is 0.418 e. The number of H-pyrrole nitrogens is 1. The molecule has 0 atom stereocenters. The van der Waals surface area contributed by atoms with E-state index in [4.69, 9.17) is 4.74 Å². The average Bonchev–Trinajstić information content (AvgIpc) is 3.05. The number of amides is 2. The van der Waals surface area contributed by atoms with Gasteiger partial charge in [0.15, 0.2) is 0 Å². The van der Waals surface area contributed by atoms with Gasteiger partial charge in [0.1, 0.15) is 5.69 Å². The highest BCUT2D eigenvalue weighted by Crippen LogP contribution is 2.35. The molecule has 0 bridgehead atoms. The summed E-state index contributed by atoms with van der Waals surface area (Å²) < 4.78 is 45.4. The Labute approximate surface area is 191 Å². The molecule has 0 aliphatic heterocycles. The number of anilines is 1. The summed E-state index contributed by atoms with van der Waals surface area (Å²) in [6, 6.07) is 4.27. The first kappa shape index (κ1) is 24.7. The highest BCUT2D eigenvalue weighted by atomic mass is 19.4. The predicted octanol–water partition coefficient (Wildman–Crippen LogP) is 6.19. The van der Waals surface area contributed by atoms with Gasteiger partial charge in [0.2, 0.25) is 0 Å². The molecule has 1 fully saturated rings. The van der Waals surface area contributed by atoms with Gasteiger partial charge in [-0.15, -0.1) is 0 Å². The minimum atomic E-state index is -4.58. The molecule has 1 saturated carbocycles. The highest BCUT2D eigenvalue weighted by Gasteiger charge is 2.35. The monoisotopic (exact) mass is 465 g/mol. The van der Waals surface area contributed by atoms with Crippen molar-refractivity contribution in [3.8, 4) is 0 Å². The Kier molecular flexibility index (Phi) is 7.71. The minimum Gasteiger partial charge on any atom is -0.461 e. The smallest absolute Gasteiger partial charge is 0.418 e. The lowest BCUT2D eigenvalue weighted by Gasteiger charge is -2.35. The summed E-state index contributed by atoms with van der Waals surface area (Å²) in [5, 5.41) is 2.49. The van der Waals surface area contributed by atoms with Gasteiger partial charge in [0.05, 0.1) is 17.9 Å². The van der Waals surface area contributed by atoms with Crippen LogP contribution in [0.3, 0.4) is 0 Å². The van der Waals surface area contributed by atoms with Crippen LogP contribution in [0.2, 0.25) is 0 Å². The van der Waals surface area contributed by atoms with Crippen molar-refractivity contribution in [3.63, 3.8) is 0 Å². The van der Waals surface area contributed by atoms with E-state index in [0.717, 1.165) is 49.4 Å². The lowest BCUT2D eigenvalue weighted by molar-refractivity contribution is -0.136. The van der Waals surface area contributed by atoms with E-state index in [9.17, 15) is 22.8 Å². The van der Waals surface area contributed by atoms with Gasteiger partial charge in [-0.1, -0.05) is 31.4 Å². The Morgan fingerprint density at radius 1 is 1.15 bits per heavy atom. The molecule has 1 aromatic carbocycles. The summed E-state index contributed by atoms with van der Waals surface area (Å²) in [5.74, 6) is -0.475. The number of aryl methyl sites for hydroxylation is 1. The molecular formula is C24H30F3N3O3. The van der Waals surface area contributed by atoms with E-state index in [1.165, 1.54) is 18.2 Å². The van der Waals surface area contributed by atoms with E-state index in [-0.39, 0.29) is 24.9 Å². The first-order valence-electron chi connectivity index (χ1n) is 11.2. The maximum atomic E-state index is 13.4. The van der Waals surface area contributed by atoms with Crippen LogP contribution in [0.25, 0.3) is 0 Å². The summed E-state index contributed by atoms with van der Waals surface area (Å²) in [7, 11) is 0. The second-order valence-corrected chi connectivity index (χ2v) is 8.34. The van der Waals surface area contributed by atoms with E-state index < -0.39 is 23.7 Å². The number of nitrogens with one attached hydrogen (secondary N) is 2. The van der Waals surface area contributed by atoms with Crippen LogP contribution in [0.4, 0.5) is 23.7 Å². The third-order valence-electron chi connectivity index (χ3n) is 6.15. The standard InChI is InChI=1S/C24H30F3N3O3/c1-4-33-22(31)21-15(2)18(16(3)28-21)14-30(17-10-6-5-7-11-17)23(32)29-20-13-9-8-12-19(20)24(25,26)27/h8-9,12-13,17,28H,4-7,10-11,14H2,1-3H3,(H,29,32). The third kappa shape index (κ3) is 5.69. The van der Waals surface area contributed by atoms with Gasteiger partial charge in [0.25, 0.3) is 0 Å². The predicted molar refractivity (Wildman–Crippen MR) is 119 cm³/mol. The summed E-state index contributed by atoms with van der Waals surface area (Å²) in [6.07, 6.45) is -0.0529. The lowest BCUT2D eigenvalue weighted by atomic mass is 9.93. The van der Waals surface area contributed by atoms with Crippen LogP contribution < -0.4 is 5.32 Å². The van der Waals surface area contributed by atoms with E-state index >= 15 is 0 Å². The summed E-state index contributed by atoms with van der Waals surface area (Å²) in [4.78, 5) is 30.2. The number of nitrogens with zero attached hydrogens (tertiary/aromatic N) is 1. The number of carbonyl (C=O) groups is 2. The first-order valence-corrected chi connectivity index (χ1v) is 11.2. The molecule has 2 N–H and O–H groups in total. The number of aromatic amines is 1. The van der Waals surface area contributed by atoms with Crippen LogP contribution in [0, 0.1) is 13.8 Å². The third-order valence-corrected chi connectivity index (χ3v) is 6.15. The van der Waals surface area contributed by atoms with Crippen LogP contribution in [-0.2, 0) is 17.5 Å². The molecule has 3 rings (SSSR count). The van der Waals surface area contributed by atoms with Gasteiger partial charge < -0.3 is 19.9 Å². The number of hydrogen-bond donors (Lipinski definition) is 2. The van der Waals surface area contributed by atoms with E-state index in [1.54, 1.807) is 25.7 Å². The molecule has 33 heavy (non-hydrogen) atoms. The summed E-state index contributed by atoms with van der Waals surface area (Å²) >= 11 is 0. The van der Waals surface area contributed by atoms with Crippen LogP contribution in [0.5, 0.6) is 0 Å². The number of hydrogen-bond acceptors (Lipinski definition) is 3. The second-order valence-electron chi connectivity index (χ2n) is 8.34. The Hall–Kier alpha value is -2.97. The zero-order valence-corrected chi connectivity index (χ0v) is 19.1. The van der Waals surface area contributed by atoms with Crippen LogP contribution in [0.1, 0.15) is 71.9 Å². The fourth-order valence-corrected chi connectivity index (χ4v) is 4.39. The van der Waals surface area contributed by atoms with Crippen molar-refractivity contribution in [1.29, 1.82) is 0 Å². The molecular weight excluding hydrogens is 435 g/mol. The zero-order valence-electron chi connectivity index (χ0n) is 19.1. The number of para-hydroxylation sites is 1. The van der Waals surface area contributed by atoms with Gasteiger partial charge in [0, 0.05) is 18.3 Å². The molecule has 0 radical (unpaired) electrons. The number of aromatic nitrogens is 1. The molecule has 0 unspecified atom stereocenters. The summed E-state index contributed by atoms with van der Waals surface area (Å²) in [5.41, 5.74) is 1.33. The van der Waals surface area contributed by atoms with Crippen molar-refractivity contribution < 1.29 is 27.5 Å². The van der Waals surface area contributed by atoms with E-state index in [2.05, 4.69) is 10.3 Å². The van der Waals surface area contributed by atoms with Crippen molar-refractivity contribution in [2.24, 2.45) is 0 Å². The van der Waals surface area contributed by atoms with Crippen molar-refractivity contribution in [2.45, 2.75) is 71.6 Å². The molecule has 2 amide bonds. The molecule has 1 aromatic heterocycles. The Morgan fingerprint density at radius 3 is 2.45 bits per heavy atom. The van der Waals surface area contributed by atoms with Gasteiger partial charge in [-0.25, -0.2) is 9.59 Å². The SMILES string of the molecule is CCOC(=O)c1[nH]c(C)c(CN(C(=O)Nc2ccccc2C(F)(F)F)C2CCCCC2)c1C. The van der Waals surface area contributed by atoms with Gasteiger partial charge in [-0.3, -0.25) is 0 Å². The molecule has 2 aromatic rings. The molecule has 180 valence electrons. The first-order chi connectivity index (χ1) is 15.6. The number of alkyl halides is 3. The highest BCUT2D eigenvalue weighted by molar-refractivity contribution is 5.91. The fraction of sp³-hybridized carbons (Fsp3) is 0.500. The number of ether oxygens (including phenoxy) is 1. The van der Waals surface area contributed by atoms with Crippen molar-refractivity contribution in [1.82, 2.24) is 9.88 Å². The molecule has 9 heteroatoms. The second kappa shape index (κ2) is 10.3. The molecule has 0 spiro atoms. The largest absolute Gasteiger partial charge is 0.461 e. The van der Waals surface area contributed by atoms with E-state index in [1.807, 2.05) is 0 Å². The number of esters is 1. The molecule has 0 saturated heterocycles. The molecule has 1 aliphatic rings. The van der Waals surface area contributed by atoms with Crippen molar-refractivity contribution >= 4 is 17.7 Å². The van der Waals surface area contributed by atoms with Crippen LogP contribution >= 0.6 is 0 Å². The van der Waals surface area contributed by atoms with Gasteiger partial charge >= 0.3 is 18.2 Å². The fourth-order valence-electron chi connectivity index (χ4n) is 4.39. The minimum absolute atomic E-state index is 0.100. The quantitative estimate of drug-likeness (QED) is 0.499. The number of benzene rings is 1. The normalized spacial score (nSPS) is 14.7. The van der Waals surface area contributed by atoms with Gasteiger partial charge in [-0.05, 0) is 56.9 Å². The topological polar surface area (TPSA) is 74.4 Å². The van der Waals surface area contributed by atoms with Gasteiger partial charge in [-0.2, -0.15) is 13.2 Å². The average molecular weight is 466 g/mol. The Bertz CT molecular complexity index is 995. The van der Waals surface area contributed by atoms with Crippen LogP contribution in [-0.4, -0.2) is 34.5 Å². The number of carbonyl (C=O) groups excluding carboxylic acids is 2. The summed E-state index contributed by atoms with van der Waals surface area (Å²) in [6.45, 7) is 5.72. The number of halogens is 3. The van der Waals surface area contributed by atoms with E-state index in [0.29, 0.717) is 11.3 Å². The van der Waals surface area contributed by atoms with Crippen molar-refractivity contribution in [2.75, 3.05) is 11.9 Å². The van der Waals surface area contributed by atoms with Crippen LogP contribution in [0.15, 0.2) is 24.3 Å². The molecule has 1 aliphatic carbocycles. The number of rotatable bonds is 6. The maximum absolute atomic E-state index is 13.4. The Balaban J connectivity index is 1.91. The molecule has 6 nitrogen and oxygen atoms in total. The Morgan fingerprint density at radius 2 is 1.82 bits per heavy atom. The number of urea groups is 1. The zero-order chi connectivity index (χ0) is 24.2. The molecule has 1 heterocycles. The van der Waals surface area contributed by atoms with Crippen molar-refractivity contribution in [3.05, 3.63) is 52.3 Å².